The lowest BCUT2D eigenvalue weighted by Gasteiger charge is -2.19. The van der Waals surface area contributed by atoms with Crippen LogP contribution in [0.2, 0.25) is 0 Å². The van der Waals surface area contributed by atoms with Crippen LogP contribution in [0.1, 0.15) is 0 Å². The van der Waals surface area contributed by atoms with Gasteiger partial charge < -0.3 is 17.7 Å². The van der Waals surface area contributed by atoms with E-state index in [4.69, 9.17) is 17.7 Å². The highest BCUT2D eigenvalue weighted by Gasteiger charge is 2.26. The lowest BCUT2D eigenvalue weighted by molar-refractivity contribution is 0.668. The molecule has 700 valence electrons. The van der Waals surface area contributed by atoms with Gasteiger partial charge in [0.1, 0.15) is 44.7 Å². The minimum Gasteiger partial charge on any atom is -0.456 e. The summed E-state index contributed by atoms with van der Waals surface area (Å²) in [5.74, 6) is 0. The van der Waals surface area contributed by atoms with Gasteiger partial charge in [-0.15, -0.1) is 0 Å². The molecule has 4 heterocycles. The minimum atomic E-state index is 0.917. The van der Waals surface area contributed by atoms with E-state index in [-0.39, 0.29) is 0 Å². The molecule has 0 N–H and O–H groups in total. The minimum absolute atomic E-state index is 0.917. The Labute approximate surface area is 865 Å². The van der Waals surface area contributed by atoms with E-state index in [1.54, 1.807) is 0 Å². The Morgan fingerprint density at radius 2 is 0.247 bits per heavy atom. The van der Waals surface area contributed by atoms with E-state index in [1.807, 2.05) is 48.5 Å². The largest absolute Gasteiger partial charge is 0.456 e. The summed E-state index contributed by atoms with van der Waals surface area (Å²) >= 11 is 0. The highest BCUT2D eigenvalue weighted by Crippen LogP contribution is 2.53. The first-order chi connectivity index (χ1) is 74.4. The lowest BCUT2D eigenvalue weighted by atomic mass is 9.84. The molecule has 0 atom stereocenters. The SMILES string of the molecule is c1ccc(-c2c3ccccc3c(-c3ccc4c(c3)oc3ccccc34)c3ccccc23)cc1.c1ccc(-c2ccc(-c3c4ccccc4c(-c4ccc5c(c4)oc4ccccc45)c4ccccc34)cc2)cc1.c1ccc(-c2cccc(-c3c4ccccc4c(-c4ccc5c(c4)oc4ccccc45)c4ccccc34)c2)cc1.c1ccc(-c2ccccc2-c2c3ccccc3c(-c3ccc4c(c3)oc3ccccc34)c3ccccc23)cc1. The molecule has 31 aromatic rings. The summed E-state index contributed by atoms with van der Waals surface area (Å²) in [5.41, 5.74) is 34.4. The Balaban J connectivity index is 0.0000000962. The fourth-order valence-electron chi connectivity index (χ4n) is 23.6. The van der Waals surface area contributed by atoms with Crippen LogP contribution in [0.5, 0.6) is 0 Å². The molecule has 0 aliphatic heterocycles. The van der Waals surface area contributed by atoms with Crippen LogP contribution in [-0.2, 0) is 0 Å². The zero-order valence-electron chi connectivity index (χ0n) is 81.7. The molecule has 0 fully saturated rings. The first-order valence-electron chi connectivity index (χ1n) is 51.4. The number of rotatable bonds is 11. The summed E-state index contributed by atoms with van der Waals surface area (Å²) < 4.78 is 25.1. The molecule has 31 rings (SSSR count). The van der Waals surface area contributed by atoms with Crippen LogP contribution in [0.3, 0.4) is 0 Å². The Morgan fingerprint density at radius 1 is 0.0800 bits per heavy atom. The fraction of sp³-hybridized carbons (Fsp3) is 0. The number of hydrogen-bond donors (Lipinski definition) is 0. The first kappa shape index (κ1) is 88.0. The van der Waals surface area contributed by atoms with Crippen molar-refractivity contribution in [1.82, 2.24) is 0 Å². The Hall–Kier alpha value is -19.8. The van der Waals surface area contributed by atoms with E-state index in [1.165, 1.54) is 203 Å². The average molecular weight is 1910 g/mol. The summed E-state index contributed by atoms with van der Waals surface area (Å²) in [7, 11) is 0. The van der Waals surface area contributed by atoms with Crippen LogP contribution in [-0.4, -0.2) is 0 Å². The summed E-state index contributed by atoms with van der Waals surface area (Å²) in [6, 6.07) is 199. The van der Waals surface area contributed by atoms with Crippen LogP contribution < -0.4 is 0 Å². The van der Waals surface area contributed by atoms with Crippen molar-refractivity contribution < 1.29 is 17.7 Å². The monoisotopic (exact) mass is 1910 g/mol. The fourth-order valence-corrected chi connectivity index (χ4v) is 23.6. The predicted molar refractivity (Wildman–Crippen MR) is 635 cm³/mol. The maximum Gasteiger partial charge on any atom is 0.136 e. The van der Waals surface area contributed by atoms with Gasteiger partial charge in [-0.05, 0) is 287 Å². The molecule has 0 bridgehead atoms. The summed E-state index contributed by atoms with van der Waals surface area (Å²) in [5, 5.41) is 29.2. The van der Waals surface area contributed by atoms with Crippen LogP contribution in [0, 0.1) is 0 Å². The number of hydrogen-bond acceptors (Lipinski definition) is 4. The zero-order valence-corrected chi connectivity index (χ0v) is 81.7. The second kappa shape index (κ2) is 37.4. The van der Waals surface area contributed by atoms with Crippen molar-refractivity contribution in [3.63, 3.8) is 0 Å². The van der Waals surface area contributed by atoms with Crippen molar-refractivity contribution >= 4 is 174 Å². The molecule has 0 radical (unpaired) electrons. The van der Waals surface area contributed by atoms with Crippen LogP contribution in [0.25, 0.3) is 296 Å². The topological polar surface area (TPSA) is 52.6 Å². The normalized spacial score (nSPS) is 11.6. The van der Waals surface area contributed by atoms with Crippen molar-refractivity contribution in [3.8, 4) is 122 Å². The molecule has 4 nitrogen and oxygen atoms in total. The third-order valence-electron chi connectivity index (χ3n) is 30.3. The smallest absolute Gasteiger partial charge is 0.136 e. The van der Waals surface area contributed by atoms with Gasteiger partial charge in [0.25, 0.3) is 0 Å². The highest BCUT2D eigenvalue weighted by atomic mass is 16.3. The van der Waals surface area contributed by atoms with Gasteiger partial charge in [-0.25, -0.2) is 0 Å². The van der Waals surface area contributed by atoms with Crippen LogP contribution in [0.4, 0.5) is 0 Å². The van der Waals surface area contributed by atoms with Gasteiger partial charge in [0.05, 0.1) is 0 Å². The van der Waals surface area contributed by atoms with E-state index in [0.717, 1.165) is 93.3 Å². The van der Waals surface area contributed by atoms with Crippen molar-refractivity contribution in [2.75, 3.05) is 0 Å². The predicted octanol–water partition coefficient (Wildman–Crippen LogP) is 41.9. The van der Waals surface area contributed by atoms with Gasteiger partial charge in [-0.3, -0.25) is 0 Å². The van der Waals surface area contributed by atoms with E-state index >= 15 is 0 Å². The molecule has 0 aliphatic rings. The molecule has 150 heavy (non-hydrogen) atoms. The van der Waals surface area contributed by atoms with Crippen molar-refractivity contribution in [1.29, 1.82) is 0 Å². The van der Waals surface area contributed by atoms with E-state index < -0.39 is 0 Å². The molecule has 27 aromatic carbocycles. The molecule has 0 unspecified atom stereocenters. The Morgan fingerprint density at radius 3 is 0.533 bits per heavy atom. The third kappa shape index (κ3) is 15.4. The van der Waals surface area contributed by atoms with Gasteiger partial charge >= 0.3 is 0 Å². The zero-order chi connectivity index (χ0) is 99.1. The van der Waals surface area contributed by atoms with Crippen LogP contribution in [0.15, 0.2) is 576 Å². The summed E-state index contributed by atoms with van der Waals surface area (Å²) in [6.45, 7) is 0. The Bertz CT molecular complexity index is 10500. The molecule has 0 amide bonds. The van der Waals surface area contributed by atoms with E-state index in [9.17, 15) is 0 Å². The molecular weight excluding hydrogens is 1820 g/mol. The molecular formula is C146H92O4. The third-order valence-corrected chi connectivity index (χ3v) is 30.3. The number of para-hydroxylation sites is 4. The second-order valence-electron chi connectivity index (χ2n) is 38.8. The molecule has 4 aromatic heterocycles. The summed E-state index contributed by atoms with van der Waals surface area (Å²) in [6.07, 6.45) is 0. The van der Waals surface area contributed by atoms with Crippen LogP contribution >= 0.6 is 0 Å². The van der Waals surface area contributed by atoms with Gasteiger partial charge in [0, 0.05) is 43.1 Å². The van der Waals surface area contributed by atoms with Crippen molar-refractivity contribution in [2.45, 2.75) is 0 Å². The van der Waals surface area contributed by atoms with Gasteiger partial charge in [-0.2, -0.15) is 0 Å². The highest BCUT2D eigenvalue weighted by molar-refractivity contribution is 6.28. The molecule has 0 saturated heterocycles. The van der Waals surface area contributed by atoms with E-state index in [2.05, 4.69) is 510 Å². The lowest BCUT2D eigenvalue weighted by Crippen LogP contribution is -1.92. The molecule has 0 saturated carbocycles. The second-order valence-corrected chi connectivity index (χ2v) is 38.8. The summed E-state index contributed by atoms with van der Waals surface area (Å²) in [4.78, 5) is 0. The quantitative estimate of drug-likeness (QED) is 0.121. The molecule has 4 heteroatoms. The number of benzene rings is 27. The van der Waals surface area contributed by atoms with Gasteiger partial charge in [0.2, 0.25) is 0 Å². The molecule has 0 aliphatic carbocycles. The number of fused-ring (bicyclic) bond motifs is 20. The molecule has 0 spiro atoms. The van der Waals surface area contributed by atoms with Gasteiger partial charge in [0.15, 0.2) is 0 Å². The average Bonchev–Trinajstić information content (AvgIpc) is 1.08. The van der Waals surface area contributed by atoms with Crippen molar-refractivity contribution in [2.24, 2.45) is 0 Å². The first-order valence-corrected chi connectivity index (χ1v) is 51.4. The maximum absolute atomic E-state index is 6.30. The van der Waals surface area contributed by atoms with E-state index in [0.29, 0.717) is 0 Å². The van der Waals surface area contributed by atoms with Crippen molar-refractivity contribution in [3.05, 3.63) is 558 Å². The maximum atomic E-state index is 6.30. The van der Waals surface area contributed by atoms with Gasteiger partial charge in [-0.1, -0.05) is 479 Å². The standard InChI is InChI=1S/3C38H24O.C32H20O/c1-2-11-25(12-3-1)26-13-10-14-27(23-26)37-31-16-4-6-18-33(31)38(34-19-7-5-17-32(34)37)28-21-22-30-29-15-8-9-20-35(29)39-36(30)24-28;1-2-10-25(11-3-1)26-18-20-27(21-19-26)37-31-13-4-6-15-33(31)38(34-16-7-5-14-32(34)37)28-22-23-30-29-12-8-9-17-35(29)39-36(30)24-28;1-2-12-25(13-3-1)27-14-4-5-16-30(27)38-33-19-8-6-17-31(33)37(32-18-7-9-20-34(32)38)26-22-23-29-28-15-10-11-21-35(28)39-36(29)24-26;1-2-10-21(11-3-1)31-25-13-4-6-15-27(25)32(28-16-7-5-14-26(28)31)22-18-19-24-23-12-8-9-17-29(23)33-30(24)20-22/h3*1-24H;1-20H. The number of furan rings is 4. The Kier molecular flexibility index (Phi) is 22.0.